The average molecular weight is 381 g/mol. The Morgan fingerprint density at radius 3 is 2.88 bits per heavy atom. The summed E-state index contributed by atoms with van der Waals surface area (Å²) >= 11 is 13.1. The van der Waals surface area contributed by atoms with Crippen LogP contribution in [0.1, 0.15) is 11.1 Å². The first-order valence-corrected chi connectivity index (χ1v) is 8.21. The minimum atomic E-state index is -0.701. The molecular formula is C16H10Cl2N2O3S. The molecule has 0 radical (unpaired) electrons. The number of nitrogens with zero attached hydrogens (tertiary/aromatic N) is 1. The van der Waals surface area contributed by atoms with Gasteiger partial charge in [-0.1, -0.05) is 35.3 Å². The largest absolute Gasteiger partial charge is 0.452 e. The second-order valence-corrected chi connectivity index (χ2v) is 6.11. The van der Waals surface area contributed by atoms with Gasteiger partial charge >= 0.3 is 5.97 Å². The average Bonchev–Trinajstić information content (AvgIpc) is 3.01. The molecule has 2 aromatic rings. The highest BCUT2D eigenvalue weighted by atomic mass is 35.5. The van der Waals surface area contributed by atoms with E-state index in [1.54, 1.807) is 29.6 Å². The SMILES string of the molecule is N#Cc1ccsc1NC(=O)COC(=O)C=Cc1cccc(Cl)c1Cl. The Morgan fingerprint density at radius 2 is 2.12 bits per heavy atom. The molecule has 0 unspecified atom stereocenters. The van der Waals surface area contributed by atoms with Gasteiger partial charge in [0.05, 0.1) is 15.6 Å². The zero-order valence-electron chi connectivity index (χ0n) is 12.1. The van der Waals surface area contributed by atoms with Gasteiger partial charge in [0.25, 0.3) is 5.91 Å². The fourth-order valence-corrected chi connectivity index (χ4v) is 2.77. The number of benzene rings is 1. The van der Waals surface area contributed by atoms with Gasteiger partial charge in [0.15, 0.2) is 6.61 Å². The summed E-state index contributed by atoms with van der Waals surface area (Å²) in [6.45, 7) is -0.463. The van der Waals surface area contributed by atoms with Crippen LogP contribution in [0.15, 0.2) is 35.7 Å². The quantitative estimate of drug-likeness (QED) is 0.624. The Hall–Kier alpha value is -2.33. The number of ether oxygens (including phenoxy) is 1. The van der Waals surface area contributed by atoms with Crippen LogP contribution in [0.3, 0.4) is 0 Å². The molecule has 0 aliphatic rings. The number of nitrogens with one attached hydrogen (secondary N) is 1. The summed E-state index contributed by atoms with van der Waals surface area (Å²) in [5, 5.41) is 14.1. The van der Waals surface area contributed by atoms with Crippen LogP contribution in [-0.4, -0.2) is 18.5 Å². The third kappa shape index (κ3) is 4.83. The van der Waals surface area contributed by atoms with Gasteiger partial charge in [0.2, 0.25) is 0 Å². The number of carbonyl (C=O) groups is 2. The third-order valence-electron chi connectivity index (χ3n) is 2.76. The van der Waals surface area contributed by atoms with Crippen molar-refractivity contribution in [2.45, 2.75) is 0 Å². The molecule has 0 fully saturated rings. The summed E-state index contributed by atoms with van der Waals surface area (Å²) in [5.74, 6) is -1.23. The van der Waals surface area contributed by atoms with Crippen LogP contribution in [0.4, 0.5) is 5.00 Å². The molecule has 5 nitrogen and oxygen atoms in total. The first kappa shape index (κ1) is 18.0. The Morgan fingerprint density at radius 1 is 1.33 bits per heavy atom. The van der Waals surface area contributed by atoms with E-state index in [1.807, 2.05) is 6.07 Å². The number of rotatable bonds is 5. The molecule has 2 rings (SSSR count). The molecule has 0 aliphatic carbocycles. The molecule has 0 saturated carbocycles. The number of halogens is 2. The molecular weight excluding hydrogens is 371 g/mol. The van der Waals surface area contributed by atoms with E-state index >= 15 is 0 Å². The van der Waals surface area contributed by atoms with Gasteiger partial charge in [-0.25, -0.2) is 4.79 Å². The number of thiophene rings is 1. The highest BCUT2D eigenvalue weighted by Gasteiger charge is 2.10. The van der Waals surface area contributed by atoms with Gasteiger partial charge in [-0.15, -0.1) is 11.3 Å². The van der Waals surface area contributed by atoms with Gasteiger partial charge < -0.3 is 10.1 Å². The number of esters is 1. The lowest BCUT2D eigenvalue weighted by Crippen LogP contribution is -2.20. The predicted octanol–water partition coefficient (Wildman–Crippen LogP) is 4.12. The number of hydrogen-bond donors (Lipinski definition) is 1. The van der Waals surface area contributed by atoms with E-state index in [0.29, 0.717) is 26.2 Å². The fraction of sp³-hybridized carbons (Fsp3) is 0.0625. The topological polar surface area (TPSA) is 79.2 Å². The summed E-state index contributed by atoms with van der Waals surface area (Å²) in [7, 11) is 0. The second kappa shape index (κ2) is 8.50. The van der Waals surface area contributed by atoms with Gasteiger partial charge in [0, 0.05) is 6.08 Å². The van der Waals surface area contributed by atoms with Crippen molar-refractivity contribution in [2.24, 2.45) is 0 Å². The first-order chi connectivity index (χ1) is 11.5. The maximum Gasteiger partial charge on any atom is 0.331 e. The Labute approximate surface area is 152 Å². The molecule has 0 spiro atoms. The van der Waals surface area contributed by atoms with Crippen molar-refractivity contribution in [3.8, 4) is 6.07 Å². The normalized spacial score (nSPS) is 10.4. The molecule has 1 heterocycles. The van der Waals surface area contributed by atoms with Gasteiger partial charge in [-0.2, -0.15) is 5.26 Å². The summed E-state index contributed by atoms with van der Waals surface area (Å²) in [5.41, 5.74) is 0.915. The summed E-state index contributed by atoms with van der Waals surface area (Å²) < 4.78 is 4.83. The number of nitriles is 1. The van der Waals surface area contributed by atoms with E-state index in [4.69, 9.17) is 33.2 Å². The van der Waals surface area contributed by atoms with Gasteiger partial charge in [0.1, 0.15) is 11.1 Å². The zero-order valence-corrected chi connectivity index (χ0v) is 14.4. The third-order valence-corrected chi connectivity index (χ3v) is 4.43. The van der Waals surface area contributed by atoms with Crippen molar-refractivity contribution in [3.63, 3.8) is 0 Å². The van der Waals surface area contributed by atoms with Crippen molar-refractivity contribution < 1.29 is 14.3 Å². The first-order valence-electron chi connectivity index (χ1n) is 6.57. The number of carbonyl (C=O) groups excluding carboxylic acids is 2. The maximum atomic E-state index is 11.7. The second-order valence-electron chi connectivity index (χ2n) is 4.41. The van der Waals surface area contributed by atoms with Crippen LogP contribution in [-0.2, 0) is 14.3 Å². The van der Waals surface area contributed by atoms with E-state index in [0.717, 1.165) is 6.08 Å². The van der Waals surface area contributed by atoms with Crippen molar-refractivity contribution in [1.82, 2.24) is 0 Å². The zero-order chi connectivity index (χ0) is 17.5. The smallest absolute Gasteiger partial charge is 0.331 e. The van der Waals surface area contributed by atoms with Crippen LogP contribution in [0.25, 0.3) is 6.08 Å². The standard InChI is InChI=1S/C16H10Cl2N2O3S/c17-12-3-1-2-10(15(12)18)4-5-14(22)23-9-13(21)20-16-11(8-19)6-7-24-16/h1-7H,9H2,(H,20,21). The van der Waals surface area contributed by atoms with E-state index in [9.17, 15) is 9.59 Å². The molecule has 0 bridgehead atoms. The lowest BCUT2D eigenvalue weighted by Gasteiger charge is -2.04. The minimum Gasteiger partial charge on any atom is -0.452 e. The molecule has 8 heteroatoms. The predicted molar refractivity (Wildman–Crippen MR) is 94.1 cm³/mol. The molecule has 1 aromatic heterocycles. The number of amides is 1. The Balaban J connectivity index is 1.87. The van der Waals surface area contributed by atoms with E-state index < -0.39 is 18.5 Å². The summed E-state index contributed by atoms with van der Waals surface area (Å²) in [4.78, 5) is 23.3. The Kier molecular flexibility index (Phi) is 6.38. The molecule has 24 heavy (non-hydrogen) atoms. The van der Waals surface area contributed by atoms with Crippen molar-refractivity contribution in [1.29, 1.82) is 5.26 Å². The van der Waals surface area contributed by atoms with E-state index in [2.05, 4.69) is 5.32 Å². The highest BCUT2D eigenvalue weighted by molar-refractivity contribution is 7.14. The maximum absolute atomic E-state index is 11.7. The van der Waals surface area contributed by atoms with Gasteiger partial charge in [-0.3, -0.25) is 4.79 Å². The van der Waals surface area contributed by atoms with E-state index in [1.165, 1.54) is 17.4 Å². The monoisotopic (exact) mass is 380 g/mol. The number of anilines is 1. The molecule has 1 amide bonds. The van der Waals surface area contributed by atoms with Gasteiger partial charge in [-0.05, 0) is 29.2 Å². The van der Waals surface area contributed by atoms with E-state index in [-0.39, 0.29) is 0 Å². The molecule has 1 aromatic carbocycles. The summed E-state index contributed by atoms with van der Waals surface area (Å²) in [6.07, 6.45) is 2.60. The van der Waals surface area contributed by atoms with Crippen LogP contribution in [0.2, 0.25) is 10.0 Å². The molecule has 0 saturated heterocycles. The van der Waals surface area contributed by atoms with Crippen LogP contribution < -0.4 is 5.32 Å². The van der Waals surface area contributed by atoms with Crippen LogP contribution in [0.5, 0.6) is 0 Å². The number of hydrogen-bond acceptors (Lipinski definition) is 5. The molecule has 0 atom stereocenters. The highest BCUT2D eigenvalue weighted by Crippen LogP contribution is 2.26. The lowest BCUT2D eigenvalue weighted by atomic mass is 10.2. The van der Waals surface area contributed by atoms with Crippen molar-refractivity contribution >= 4 is 57.5 Å². The Bertz CT molecular complexity index is 840. The minimum absolute atomic E-state index is 0.322. The van der Waals surface area contributed by atoms with Crippen molar-refractivity contribution in [3.05, 3.63) is 56.9 Å². The molecule has 1 N–H and O–H groups in total. The summed E-state index contributed by atoms with van der Waals surface area (Å²) in [6, 6.07) is 8.54. The molecule has 0 aliphatic heterocycles. The van der Waals surface area contributed by atoms with Crippen molar-refractivity contribution in [2.75, 3.05) is 11.9 Å². The van der Waals surface area contributed by atoms with Crippen LogP contribution in [0, 0.1) is 11.3 Å². The van der Waals surface area contributed by atoms with Crippen LogP contribution >= 0.6 is 34.5 Å². The fourth-order valence-electron chi connectivity index (χ4n) is 1.65. The lowest BCUT2D eigenvalue weighted by molar-refractivity contribution is -0.142. The molecule has 122 valence electrons.